The first-order valence-electron chi connectivity index (χ1n) is 6.11. The molecule has 1 aliphatic rings. The van der Waals surface area contributed by atoms with Gasteiger partial charge >= 0.3 is 12.1 Å². The predicted octanol–water partition coefficient (Wildman–Crippen LogP) is 1.65. The van der Waals surface area contributed by atoms with Crippen LogP contribution >= 0.6 is 0 Å². The molecule has 0 saturated carbocycles. The van der Waals surface area contributed by atoms with Crippen LogP contribution in [0.2, 0.25) is 0 Å². The van der Waals surface area contributed by atoms with Crippen LogP contribution in [0, 0.1) is 0 Å². The standard InChI is InChI=1S/C13H14F3NO3/c14-13(15,16)12(18)20-11-7-17-6-10(11)19-8-9-4-2-1-3-5-9/h1-5,10-11,17H,6-8H2. The van der Waals surface area contributed by atoms with Crippen LogP contribution < -0.4 is 5.32 Å². The number of hydrogen-bond acceptors (Lipinski definition) is 4. The number of hydrogen-bond donors (Lipinski definition) is 1. The van der Waals surface area contributed by atoms with Gasteiger partial charge in [-0.25, -0.2) is 4.79 Å². The fraction of sp³-hybridized carbons (Fsp3) is 0.462. The summed E-state index contributed by atoms with van der Waals surface area (Å²) >= 11 is 0. The van der Waals surface area contributed by atoms with Crippen molar-refractivity contribution in [2.24, 2.45) is 0 Å². The lowest BCUT2D eigenvalue weighted by atomic mass is 10.2. The van der Waals surface area contributed by atoms with E-state index in [0.29, 0.717) is 6.54 Å². The zero-order chi connectivity index (χ0) is 14.6. The van der Waals surface area contributed by atoms with E-state index in [9.17, 15) is 18.0 Å². The molecule has 0 aromatic heterocycles. The molecule has 0 amide bonds. The highest BCUT2D eigenvalue weighted by Gasteiger charge is 2.44. The molecule has 2 rings (SSSR count). The molecule has 1 fully saturated rings. The maximum Gasteiger partial charge on any atom is 0.490 e. The first kappa shape index (κ1) is 14.8. The van der Waals surface area contributed by atoms with E-state index >= 15 is 0 Å². The number of nitrogens with one attached hydrogen (secondary N) is 1. The third-order valence-electron chi connectivity index (χ3n) is 2.90. The van der Waals surface area contributed by atoms with Crippen molar-refractivity contribution in [1.29, 1.82) is 0 Å². The second-order valence-corrected chi connectivity index (χ2v) is 4.43. The van der Waals surface area contributed by atoms with Crippen molar-refractivity contribution in [3.8, 4) is 0 Å². The summed E-state index contributed by atoms with van der Waals surface area (Å²) in [5.74, 6) is -2.18. The molecule has 1 aromatic rings. The van der Waals surface area contributed by atoms with E-state index in [1.807, 2.05) is 30.3 Å². The summed E-state index contributed by atoms with van der Waals surface area (Å²) in [5.41, 5.74) is 0.903. The molecule has 1 aliphatic heterocycles. The maximum absolute atomic E-state index is 12.1. The molecule has 2 atom stereocenters. The van der Waals surface area contributed by atoms with Gasteiger partial charge in [0.05, 0.1) is 6.61 Å². The maximum atomic E-state index is 12.1. The lowest BCUT2D eigenvalue weighted by Crippen LogP contribution is -2.37. The third kappa shape index (κ3) is 3.94. The number of halogens is 3. The van der Waals surface area contributed by atoms with Gasteiger partial charge in [0.2, 0.25) is 0 Å². The molecule has 7 heteroatoms. The Hall–Kier alpha value is -1.60. The van der Waals surface area contributed by atoms with Crippen LogP contribution in [0.25, 0.3) is 0 Å². The van der Waals surface area contributed by atoms with Gasteiger partial charge in [-0.2, -0.15) is 13.2 Å². The van der Waals surface area contributed by atoms with Crippen molar-refractivity contribution in [3.63, 3.8) is 0 Å². The number of esters is 1. The number of alkyl halides is 3. The first-order chi connectivity index (χ1) is 9.47. The Morgan fingerprint density at radius 3 is 2.50 bits per heavy atom. The average molecular weight is 289 g/mol. The molecule has 1 heterocycles. The van der Waals surface area contributed by atoms with E-state index in [1.165, 1.54) is 0 Å². The minimum absolute atomic E-state index is 0.154. The summed E-state index contributed by atoms with van der Waals surface area (Å²) in [4.78, 5) is 10.8. The molecule has 1 saturated heterocycles. The second kappa shape index (κ2) is 6.23. The molecule has 2 unspecified atom stereocenters. The Morgan fingerprint density at radius 1 is 1.20 bits per heavy atom. The molecule has 4 nitrogen and oxygen atoms in total. The van der Waals surface area contributed by atoms with Gasteiger partial charge in [0.25, 0.3) is 0 Å². The number of rotatable bonds is 4. The molecule has 0 aliphatic carbocycles. The Labute approximate surface area is 113 Å². The van der Waals surface area contributed by atoms with Crippen LogP contribution in [0.4, 0.5) is 13.2 Å². The van der Waals surface area contributed by atoms with Gasteiger partial charge in [-0.15, -0.1) is 0 Å². The zero-order valence-electron chi connectivity index (χ0n) is 10.5. The molecule has 0 spiro atoms. The molecule has 1 aromatic carbocycles. The van der Waals surface area contributed by atoms with Gasteiger partial charge in [0, 0.05) is 13.1 Å². The van der Waals surface area contributed by atoms with Crippen LogP contribution in [0.1, 0.15) is 5.56 Å². The van der Waals surface area contributed by atoms with Gasteiger partial charge in [-0.05, 0) is 5.56 Å². The van der Waals surface area contributed by atoms with E-state index in [1.54, 1.807) is 0 Å². The van der Waals surface area contributed by atoms with E-state index in [0.717, 1.165) is 5.56 Å². The Morgan fingerprint density at radius 2 is 1.85 bits per heavy atom. The SMILES string of the molecule is O=C(OC1CNCC1OCc1ccccc1)C(F)(F)F. The van der Waals surface area contributed by atoms with E-state index < -0.39 is 24.4 Å². The summed E-state index contributed by atoms with van der Waals surface area (Å²) < 4.78 is 46.4. The molecule has 110 valence electrons. The Bertz CT molecular complexity index is 450. The molecule has 0 radical (unpaired) electrons. The van der Waals surface area contributed by atoms with Crippen molar-refractivity contribution in [2.45, 2.75) is 25.0 Å². The average Bonchev–Trinajstić information content (AvgIpc) is 2.84. The molecular weight excluding hydrogens is 275 g/mol. The van der Waals surface area contributed by atoms with Crippen molar-refractivity contribution in [3.05, 3.63) is 35.9 Å². The first-order valence-corrected chi connectivity index (χ1v) is 6.11. The monoisotopic (exact) mass is 289 g/mol. The summed E-state index contributed by atoms with van der Waals surface area (Å²) in [6.07, 6.45) is -6.48. The highest BCUT2D eigenvalue weighted by atomic mass is 19.4. The molecular formula is C13H14F3NO3. The van der Waals surface area contributed by atoms with Gasteiger partial charge in [-0.3, -0.25) is 0 Å². The Kier molecular flexibility index (Phi) is 4.61. The fourth-order valence-corrected chi connectivity index (χ4v) is 1.90. The van der Waals surface area contributed by atoms with Crippen molar-refractivity contribution in [2.75, 3.05) is 13.1 Å². The molecule has 20 heavy (non-hydrogen) atoms. The minimum Gasteiger partial charge on any atom is -0.452 e. The number of benzene rings is 1. The van der Waals surface area contributed by atoms with Crippen LogP contribution in [0.5, 0.6) is 0 Å². The topological polar surface area (TPSA) is 47.6 Å². The normalized spacial score (nSPS) is 22.8. The molecule has 1 N–H and O–H groups in total. The summed E-state index contributed by atoms with van der Waals surface area (Å²) in [5, 5.41) is 2.85. The van der Waals surface area contributed by atoms with Gasteiger partial charge in [0.1, 0.15) is 12.2 Å². The smallest absolute Gasteiger partial charge is 0.452 e. The van der Waals surface area contributed by atoms with Crippen molar-refractivity contribution in [1.82, 2.24) is 5.32 Å². The third-order valence-corrected chi connectivity index (χ3v) is 2.90. The predicted molar refractivity (Wildman–Crippen MR) is 63.8 cm³/mol. The fourth-order valence-electron chi connectivity index (χ4n) is 1.90. The quantitative estimate of drug-likeness (QED) is 0.856. The van der Waals surface area contributed by atoms with E-state index in [2.05, 4.69) is 10.1 Å². The Balaban J connectivity index is 1.86. The number of carbonyl (C=O) groups is 1. The minimum atomic E-state index is -4.98. The second-order valence-electron chi connectivity index (χ2n) is 4.43. The van der Waals surface area contributed by atoms with Crippen molar-refractivity contribution < 1.29 is 27.4 Å². The zero-order valence-corrected chi connectivity index (χ0v) is 10.5. The lowest BCUT2D eigenvalue weighted by molar-refractivity contribution is -0.208. The van der Waals surface area contributed by atoms with Gasteiger partial charge in [0.15, 0.2) is 0 Å². The van der Waals surface area contributed by atoms with Crippen LogP contribution in [0.3, 0.4) is 0 Å². The molecule has 0 bridgehead atoms. The summed E-state index contributed by atoms with van der Waals surface area (Å²) in [6.45, 7) is 0.761. The van der Waals surface area contributed by atoms with Crippen LogP contribution in [0.15, 0.2) is 30.3 Å². The lowest BCUT2D eigenvalue weighted by Gasteiger charge is -2.20. The van der Waals surface area contributed by atoms with Crippen LogP contribution in [-0.4, -0.2) is 37.4 Å². The largest absolute Gasteiger partial charge is 0.490 e. The summed E-state index contributed by atoms with van der Waals surface area (Å²) in [6, 6.07) is 9.23. The summed E-state index contributed by atoms with van der Waals surface area (Å²) in [7, 11) is 0. The van der Waals surface area contributed by atoms with Crippen molar-refractivity contribution >= 4 is 5.97 Å². The van der Waals surface area contributed by atoms with Crippen LogP contribution in [-0.2, 0) is 20.9 Å². The number of carbonyl (C=O) groups excluding carboxylic acids is 1. The van der Waals surface area contributed by atoms with E-state index in [-0.39, 0.29) is 13.2 Å². The van der Waals surface area contributed by atoms with E-state index in [4.69, 9.17) is 4.74 Å². The van der Waals surface area contributed by atoms with Gasteiger partial charge < -0.3 is 14.8 Å². The van der Waals surface area contributed by atoms with Gasteiger partial charge in [-0.1, -0.05) is 30.3 Å². The number of ether oxygens (including phenoxy) is 2. The highest BCUT2D eigenvalue weighted by molar-refractivity contribution is 5.75. The highest BCUT2D eigenvalue weighted by Crippen LogP contribution is 2.20.